The van der Waals surface area contributed by atoms with Crippen LogP contribution in [0.5, 0.6) is 0 Å². The van der Waals surface area contributed by atoms with Crippen LogP contribution in [0.25, 0.3) is 0 Å². The van der Waals surface area contributed by atoms with Gasteiger partial charge in [-0.25, -0.2) is 13.6 Å². The molecule has 3 N–H and O–H groups in total. The van der Waals surface area contributed by atoms with Crippen LogP contribution in [-0.4, -0.2) is 14.3 Å². The van der Waals surface area contributed by atoms with Gasteiger partial charge in [-0.3, -0.25) is 4.79 Å². The van der Waals surface area contributed by atoms with Crippen molar-refractivity contribution in [3.63, 3.8) is 0 Å². The molecule has 7 heteroatoms. The van der Waals surface area contributed by atoms with Gasteiger partial charge in [0, 0.05) is 10.6 Å². The molecule has 128 valence electrons. The van der Waals surface area contributed by atoms with Crippen molar-refractivity contribution in [2.75, 3.05) is 5.32 Å². The van der Waals surface area contributed by atoms with Crippen LogP contribution in [0.1, 0.15) is 39.9 Å². The van der Waals surface area contributed by atoms with Gasteiger partial charge in [-0.2, -0.15) is 0 Å². The van der Waals surface area contributed by atoms with Crippen LogP contribution in [0.3, 0.4) is 0 Å². The molecule has 5 nitrogen and oxygen atoms in total. The summed E-state index contributed by atoms with van der Waals surface area (Å²) in [7, 11) is -3.79. The first-order chi connectivity index (χ1) is 11.4. The van der Waals surface area contributed by atoms with Crippen LogP contribution in [0.2, 0.25) is 0 Å². The number of hydrogen-bond donors (Lipinski definition) is 2. The van der Waals surface area contributed by atoms with Gasteiger partial charge < -0.3 is 5.32 Å². The molecule has 1 heterocycles. The number of nitrogens with two attached hydrogens (primary N) is 1. The molecule has 1 aliphatic carbocycles. The Labute approximate surface area is 145 Å². The SMILES string of the molecule is CC[C@@H]1CCc2sc(C(=O)Nc3cccc(S(N)(=O)=O)c3)cc2C1. The van der Waals surface area contributed by atoms with Crippen LogP contribution in [0.15, 0.2) is 35.2 Å². The average Bonchev–Trinajstić information content (AvgIpc) is 2.97. The first kappa shape index (κ1) is 17.1. The highest BCUT2D eigenvalue weighted by atomic mass is 32.2. The predicted molar refractivity (Wildman–Crippen MR) is 95.9 cm³/mol. The molecular formula is C17H20N2O3S2. The molecule has 0 saturated carbocycles. The Morgan fingerprint density at radius 1 is 1.38 bits per heavy atom. The number of anilines is 1. The first-order valence-corrected chi connectivity index (χ1v) is 10.3. The fraction of sp³-hybridized carbons (Fsp3) is 0.353. The van der Waals surface area contributed by atoms with E-state index in [1.165, 1.54) is 40.3 Å². The predicted octanol–water partition coefficient (Wildman–Crippen LogP) is 3.16. The topological polar surface area (TPSA) is 89.3 Å². The molecule has 0 unspecified atom stereocenters. The second-order valence-electron chi connectivity index (χ2n) is 6.10. The van der Waals surface area contributed by atoms with E-state index in [4.69, 9.17) is 5.14 Å². The Hall–Kier alpha value is -1.70. The third-order valence-electron chi connectivity index (χ3n) is 4.41. The van der Waals surface area contributed by atoms with Crippen molar-refractivity contribution < 1.29 is 13.2 Å². The normalized spacial score (nSPS) is 17.3. The summed E-state index contributed by atoms with van der Waals surface area (Å²) in [6.07, 6.45) is 4.42. The zero-order valence-corrected chi connectivity index (χ0v) is 15.0. The van der Waals surface area contributed by atoms with Crippen molar-refractivity contribution in [2.45, 2.75) is 37.5 Å². The Balaban J connectivity index is 1.78. The maximum atomic E-state index is 12.5. The fourth-order valence-electron chi connectivity index (χ4n) is 3.00. The van der Waals surface area contributed by atoms with Gasteiger partial charge in [0.1, 0.15) is 0 Å². The number of sulfonamides is 1. The lowest BCUT2D eigenvalue weighted by Crippen LogP contribution is -2.14. The number of fused-ring (bicyclic) bond motifs is 1. The number of benzene rings is 1. The second-order valence-corrected chi connectivity index (χ2v) is 8.80. The highest BCUT2D eigenvalue weighted by Crippen LogP contribution is 2.33. The molecule has 1 aromatic heterocycles. The van der Waals surface area contributed by atoms with Crippen molar-refractivity contribution in [2.24, 2.45) is 11.1 Å². The summed E-state index contributed by atoms with van der Waals surface area (Å²) in [6, 6.07) is 7.95. The maximum absolute atomic E-state index is 12.5. The van der Waals surface area contributed by atoms with E-state index in [0.717, 1.165) is 19.3 Å². The lowest BCUT2D eigenvalue weighted by molar-refractivity contribution is 0.103. The van der Waals surface area contributed by atoms with Gasteiger partial charge in [0.05, 0.1) is 9.77 Å². The molecule has 0 aliphatic heterocycles. The number of hydrogen-bond acceptors (Lipinski definition) is 4. The minimum Gasteiger partial charge on any atom is -0.321 e. The smallest absolute Gasteiger partial charge is 0.265 e. The van der Waals surface area contributed by atoms with E-state index in [1.54, 1.807) is 12.1 Å². The van der Waals surface area contributed by atoms with Crippen LogP contribution in [0, 0.1) is 5.92 Å². The lowest BCUT2D eigenvalue weighted by Gasteiger charge is -2.19. The molecule has 0 spiro atoms. The number of carbonyl (C=O) groups excluding carboxylic acids is 1. The number of nitrogens with one attached hydrogen (secondary N) is 1. The fourth-order valence-corrected chi connectivity index (χ4v) is 4.67. The number of rotatable bonds is 4. The summed E-state index contributed by atoms with van der Waals surface area (Å²) in [5.74, 6) is 0.489. The van der Waals surface area contributed by atoms with Gasteiger partial charge >= 0.3 is 0 Å². The van der Waals surface area contributed by atoms with E-state index in [2.05, 4.69) is 12.2 Å². The van der Waals surface area contributed by atoms with Gasteiger partial charge in [-0.05, 0) is 55.0 Å². The second kappa shape index (κ2) is 6.66. The summed E-state index contributed by atoms with van der Waals surface area (Å²) >= 11 is 1.53. The molecule has 0 saturated heterocycles. The van der Waals surface area contributed by atoms with E-state index < -0.39 is 10.0 Å². The van der Waals surface area contributed by atoms with E-state index >= 15 is 0 Å². The molecule has 24 heavy (non-hydrogen) atoms. The molecule has 2 aromatic rings. The van der Waals surface area contributed by atoms with Crippen molar-refractivity contribution in [1.82, 2.24) is 0 Å². The number of carbonyl (C=O) groups is 1. The van der Waals surface area contributed by atoms with E-state index in [-0.39, 0.29) is 10.8 Å². The Bertz CT molecular complexity index is 872. The molecule has 3 rings (SSSR count). The zero-order valence-electron chi connectivity index (χ0n) is 13.4. The number of amides is 1. The largest absolute Gasteiger partial charge is 0.321 e. The Morgan fingerprint density at radius 3 is 2.88 bits per heavy atom. The highest BCUT2D eigenvalue weighted by Gasteiger charge is 2.22. The monoisotopic (exact) mass is 364 g/mol. The van der Waals surface area contributed by atoms with Gasteiger partial charge in [0.25, 0.3) is 5.91 Å². The summed E-state index contributed by atoms with van der Waals surface area (Å²) in [5, 5.41) is 7.88. The minimum atomic E-state index is -3.79. The third-order valence-corrected chi connectivity index (χ3v) is 6.55. The summed E-state index contributed by atoms with van der Waals surface area (Å²) < 4.78 is 22.8. The van der Waals surface area contributed by atoms with Crippen LogP contribution in [0.4, 0.5) is 5.69 Å². The van der Waals surface area contributed by atoms with E-state index in [0.29, 0.717) is 16.5 Å². The quantitative estimate of drug-likeness (QED) is 0.873. The standard InChI is InChI=1S/C17H20N2O3S2/c1-2-11-6-7-15-12(8-11)9-16(23-15)17(20)19-13-4-3-5-14(10-13)24(18,21)22/h3-5,9-11H,2,6-8H2,1H3,(H,19,20)(H2,18,21,22)/t11-/m1/s1. The summed E-state index contributed by atoms with van der Waals surface area (Å²) in [5.41, 5.74) is 1.70. The number of primary sulfonamides is 1. The Morgan fingerprint density at radius 2 is 2.17 bits per heavy atom. The van der Waals surface area contributed by atoms with Gasteiger partial charge in [0.2, 0.25) is 10.0 Å². The van der Waals surface area contributed by atoms with Crippen molar-refractivity contribution in [3.05, 3.63) is 45.6 Å². The molecule has 0 radical (unpaired) electrons. The number of thiophene rings is 1. The summed E-state index contributed by atoms with van der Waals surface area (Å²) in [6.45, 7) is 2.20. The minimum absolute atomic E-state index is 0.0171. The molecular weight excluding hydrogens is 344 g/mol. The zero-order chi connectivity index (χ0) is 17.3. The van der Waals surface area contributed by atoms with Crippen molar-refractivity contribution >= 4 is 33.0 Å². The average molecular weight is 364 g/mol. The molecule has 1 aromatic carbocycles. The Kier molecular flexibility index (Phi) is 4.76. The van der Waals surface area contributed by atoms with Crippen molar-refractivity contribution in [3.8, 4) is 0 Å². The highest BCUT2D eigenvalue weighted by molar-refractivity contribution is 7.89. The lowest BCUT2D eigenvalue weighted by atomic mass is 9.87. The molecule has 0 fully saturated rings. The van der Waals surface area contributed by atoms with Crippen LogP contribution < -0.4 is 10.5 Å². The maximum Gasteiger partial charge on any atom is 0.265 e. The first-order valence-electron chi connectivity index (χ1n) is 7.92. The van der Waals surface area contributed by atoms with Crippen molar-refractivity contribution in [1.29, 1.82) is 0 Å². The number of aryl methyl sites for hydroxylation is 1. The third kappa shape index (κ3) is 3.68. The van der Waals surface area contributed by atoms with E-state index in [9.17, 15) is 13.2 Å². The molecule has 0 bridgehead atoms. The van der Waals surface area contributed by atoms with Gasteiger partial charge in [-0.1, -0.05) is 19.4 Å². The molecule has 1 aliphatic rings. The summed E-state index contributed by atoms with van der Waals surface area (Å²) in [4.78, 5) is 14.4. The molecule has 1 atom stereocenters. The van der Waals surface area contributed by atoms with Crippen LogP contribution in [-0.2, 0) is 22.9 Å². The van der Waals surface area contributed by atoms with Crippen LogP contribution >= 0.6 is 11.3 Å². The molecule has 1 amide bonds. The van der Waals surface area contributed by atoms with Gasteiger partial charge in [0.15, 0.2) is 0 Å². The van der Waals surface area contributed by atoms with E-state index in [1.807, 2.05) is 6.07 Å². The van der Waals surface area contributed by atoms with Gasteiger partial charge in [-0.15, -0.1) is 11.3 Å².